The maximum atomic E-state index is 12.9. The van der Waals surface area contributed by atoms with Crippen LogP contribution in [0.1, 0.15) is 42.2 Å². The molecule has 2 unspecified atom stereocenters. The van der Waals surface area contributed by atoms with Crippen LogP contribution in [0.5, 0.6) is 0 Å². The van der Waals surface area contributed by atoms with Gasteiger partial charge in [0.2, 0.25) is 11.8 Å². The number of amides is 2. The third kappa shape index (κ3) is 2.75. The van der Waals surface area contributed by atoms with Crippen LogP contribution in [0.2, 0.25) is 0 Å². The van der Waals surface area contributed by atoms with Gasteiger partial charge < -0.3 is 15.1 Å². The summed E-state index contributed by atoms with van der Waals surface area (Å²) in [7, 11) is 0. The van der Waals surface area contributed by atoms with E-state index >= 15 is 0 Å². The van der Waals surface area contributed by atoms with Gasteiger partial charge in [-0.15, -0.1) is 0 Å². The summed E-state index contributed by atoms with van der Waals surface area (Å²) in [6, 6.07) is 15.0. The average Bonchev–Trinajstić information content (AvgIpc) is 2.98. The van der Waals surface area contributed by atoms with Crippen molar-refractivity contribution in [2.75, 3.05) is 5.32 Å². The van der Waals surface area contributed by atoms with E-state index in [1.54, 1.807) is 0 Å². The number of hydrogen-bond acceptors (Lipinski definition) is 3. The van der Waals surface area contributed by atoms with E-state index in [4.69, 9.17) is 4.42 Å². The number of hydrogen-bond donors (Lipinski definition) is 2. The van der Waals surface area contributed by atoms with Gasteiger partial charge in [0.05, 0.1) is 12.0 Å². The molecule has 2 amide bonds. The zero-order chi connectivity index (χ0) is 18.3. The lowest BCUT2D eigenvalue weighted by Crippen LogP contribution is -2.36. The van der Waals surface area contributed by atoms with Crippen molar-refractivity contribution in [3.63, 3.8) is 0 Å². The van der Waals surface area contributed by atoms with E-state index in [1.807, 2.05) is 62.4 Å². The van der Waals surface area contributed by atoms with Gasteiger partial charge in [0.25, 0.3) is 0 Å². The SMILES string of the molecule is Cc1c(C(C)NC(=O)C2CC(=O)Nc3ccccc32)oc2ccccc12. The first-order valence-corrected chi connectivity index (χ1v) is 8.72. The van der Waals surface area contributed by atoms with E-state index in [0.29, 0.717) is 5.69 Å². The summed E-state index contributed by atoms with van der Waals surface area (Å²) in [5.74, 6) is -0.0590. The molecule has 1 aliphatic heterocycles. The number of carbonyl (C=O) groups excluding carboxylic acids is 2. The lowest BCUT2D eigenvalue weighted by molar-refractivity contribution is -0.126. The molecule has 0 spiro atoms. The predicted molar refractivity (Wildman–Crippen MR) is 99.9 cm³/mol. The van der Waals surface area contributed by atoms with Crippen molar-refractivity contribution in [2.45, 2.75) is 32.2 Å². The molecule has 4 rings (SSSR count). The predicted octanol–water partition coefficient (Wildman–Crippen LogP) is 4.04. The second-order valence-electron chi connectivity index (χ2n) is 6.71. The second-order valence-corrected chi connectivity index (χ2v) is 6.71. The van der Waals surface area contributed by atoms with Gasteiger partial charge in [-0.25, -0.2) is 0 Å². The third-order valence-corrected chi connectivity index (χ3v) is 4.95. The first kappa shape index (κ1) is 16.4. The van der Waals surface area contributed by atoms with Gasteiger partial charge in [-0.3, -0.25) is 9.59 Å². The van der Waals surface area contributed by atoms with Gasteiger partial charge in [-0.2, -0.15) is 0 Å². The Morgan fingerprint density at radius 2 is 1.92 bits per heavy atom. The molecule has 2 N–H and O–H groups in total. The van der Waals surface area contributed by atoms with E-state index in [0.717, 1.165) is 27.9 Å². The normalized spacial score (nSPS) is 17.5. The Kier molecular flexibility index (Phi) is 3.99. The molecule has 2 atom stereocenters. The standard InChI is InChI=1S/C21H20N2O3/c1-12-14-7-4-6-10-18(14)26-20(12)13(2)22-21(25)16-11-19(24)23-17-9-5-3-8-15(16)17/h3-10,13,16H,11H2,1-2H3,(H,22,25)(H,23,24). The molecule has 3 aromatic rings. The topological polar surface area (TPSA) is 71.3 Å². The maximum absolute atomic E-state index is 12.9. The molecule has 0 aliphatic carbocycles. The minimum absolute atomic E-state index is 0.142. The monoisotopic (exact) mass is 348 g/mol. The van der Waals surface area contributed by atoms with Crippen molar-refractivity contribution in [1.29, 1.82) is 0 Å². The number of para-hydroxylation sites is 2. The highest BCUT2D eigenvalue weighted by Gasteiger charge is 2.31. The molecule has 132 valence electrons. The fourth-order valence-electron chi connectivity index (χ4n) is 3.63. The maximum Gasteiger partial charge on any atom is 0.228 e. The summed E-state index contributed by atoms with van der Waals surface area (Å²) in [6.45, 7) is 3.89. The number of anilines is 1. The number of fused-ring (bicyclic) bond motifs is 2. The molecule has 1 aromatic heterocycles. The van der Waals surface area contributed by atoms with E-state index < -0.39 is 5.92 Å². The van der Waals surface area contributed by atoms with Gasteiger partial charge in [0.15, 0.2) is 0 Å². The Bertz CT molecular complexity index is 1010. The van der Waals surface area contributed by atoms with Crippen LogP contribution in [0.4, 0.5) is 5.69 Å². The summed E-state index contributed by atoms with van der Waals surface area (Å²) in [5.41, 5.74) is 3.38. The first-order valence-electron chi connectivity index (χ1n) is 8.72. The molecule has 2 heterocycles. The molecule has 0 saturated heterocycles. The summed E-state index contributed by atoms with van der Waals surface area (Å²) in [5, 5.41) is 6.88. The Balaban J connectivity index is 1.60. The van der Waals surface area contributed by atoms with Crippen LogP contribution in [0.3, 0.4) is 0 Å². The van der Waals surface area contributed by atoms with Crippen molar-refractivity contribution >= 4 is 28.5 Å². The Labute approximate surface area is 151 Å². The van der Waals surface area contributed by atoms with Gasteiger partial charge in [-0.05, 0) is 31.5 Å². The number of rotatable bonds is 3. The van der Waals surface area contributed by atoms with Crippen LogP contribution in [0.25, 0.3) is 11.0 Å². The zero-order valence-corrected chi connectivity index (χ0v) is 14.7. The van der Waals surface area contributed by atoms with Gasteiger partial charge >= 0.3 is 0 Å². The highest BCUT2D eigenvalue weighted by Crippen LogP contribution is 2.34. The van der Waals surface area contributed by atoms with Crippen LogP contribution in [-0.4, -0.2) is 11.8 Å². The second kappa shape index (κ2) is 6.33. The molecule has 2 aromatic carbocycles. The molecular formula is C21H20N2O3. The Morgan fingerprint density at radius 3 is 2.73 bits per heavy atom. The van der Waals surface area contributed by atoms with Crippen molar-refractivity contribution < 1.29 is 14.0 Å². The minimum Gasteiger partial charge on any atom is -0.459 e. The lowest BCUT2D eigenvalue weighted by Gasteiger charge is -2.26. The van der Waals surface area contributed by atoms with E-state index in [1.165, 1.54) is 0 Å². The molecule has 0 saturated carbocycles. The van der Waals surface area contributed by atoms with E-state index in [2.05, 4.69) is 10.6 Å². The summed E-state index contributed by atoms with van der Waals surface area (Å²) in [4.78, 5) is 24.8. The molecule has 1 aliphatic rings. The van der Waals surface area contributed by atoms with Crippen LogP contribution < -0.4 is 10.6 Å². The Morgan fingerprint density at radius 1 is 1.19 bits per heavy atom. The van der Waals surface area contributed by atoms with Crippen LogP contribution in [0.15, 0.2) is 52.9 Å². The quantitative estimate of drug-likeness (QED) is 0.750. The van der Waals surface area contributed by atoms with Gasteiger partial charge in [-0.1, -0.05) is 36.4 Å². The minimum atomic E-state index is -0.493. The fourth-order valence-corrected chi connectivity index (χ4v) is 3.63. The number of aryl methyl sites for hydroxylation is 1. The number of carbonyl (C=O) groups is 2. The highest BCUT2D eigenvalue weighted by molar-refractivity contribution is 6.01. The molecule has 5 heteroatoms. The molecule has 26 heavy (non-hydrogen) atoms. The zero-order valence-electron chi connectivity index (χ0n) is 14.7. The molecule has 0 radical (unpaired) electrons. The average molecular weight is 348 g/mol. The third-order valence-electron chi connectivity index (χ3n) is 4.95. The highest BCUT2D eigenvalue weighted by atomic mass is 16.3. The molecule has 5 nitrogen and oxygen atoms in total. The summed E-state index contributed by atoms with van der Waals surface area (Å²) < 4.78 is 5.95. The van der Waals surface area contributed by atoms with Crippen LogP contribution in [-0.2, 0) is 9.59 Å². The number of benzene rings is 2. The fraction of sp³-hybridized carbons (Fsp3) is 0.238. The van der Waals surface area contributed by atoms with Gasteiger partial charge in [0.1, 0.15) is 11.3 Å². The summed E-state index contributed by atoms with van der Waals surface area (Å²) in [6.07, 6.45) is 0.147. The number of nitrogens with one attached hydrogen (secondary N) is 2. The van der Waals surface area contributed by atoms with Gasteiger partial charge in [0, 0.05) is 23.1 Å². The first-order chi connectivity index (χ1) is 12.5. The largest absolute Gasteiger partial charge is 0.459 e. The summed E-state index contributed by atoms with van der Waals surface area (Å²) >= 11 is 0. The van der Waals surface area contributed by atoms with Crippen molar-refractivity contribution in [3.05, 3.63) is 65.4 Å². The smallest absolute Gasteiger partial charge is 0.228 e. The van der Waals surface area contributed by atoms with E-state index in [-0.39, 0.29) is 24.3 Å². The van der Waals surface area contributed by atoms with Crippen molar-refractivity contribution in [1.82, 2.24) is 5.32 Å². The van der Waals surface area contributed by atoms with Crippen molar-refractivity contribution in [2.24, 2.45) is 0 Å². The molecule has 0 bridgehead atoms. The van der Waals surface area contributed by atoms with Crippen molar-refractivity contribution in [3.8, 4) is 0 Å². The Hall–Kier alpha value is -3.08. The molecule has 0 fully saturated rings. The number of furan rings is 1. The lowest BCUT2D eigenvalue weighted by atomic mass is 9.89. The van der Waals surface area contributed by atoms with Crippen LogP contribution >= 0.6 is 0 Å². The van der Waals surface area contributed by atoms with E-state index in [9.17, 15) is 9.59 Å². The van der Waals surface area contributed by atoms with Crippen LogP contribution in [0, 0.1) is 6.92 Å². The molecular weight excluding hydrogens is 328 g/mol.